The summed E-state index contributed by atoms with van der Waals surface area (Å²) in [6.45, 7) is 5.94. The number of thiazole rings is 1. The van der Waals surface area contributed by atoms with Crippen molar-refractivity contribution in [3.8, 4) is 28.5 Å². The van der Waals surface area contributed by atoms with Crippen LogP contribution < -0.4 is 20.4 Å². The van der Waals surface area contributed by atoms with Crippen LogP contribution >= 0.6 is 11.3 Å². The number of halogens is 1. The van der Waals surface area contributed by atoms with Crippen LogP contribution in [0.15, 0.2) is 55.0 Å². The molecule has 5 aromatic rings. The number of nitrogens with one attached hydrogen (secondary N) is 2. The van der Waals surface area contributed by atoms with Crippen molar-refractivity contribution in [1.29, 1.82) is 5.26 Å². The first-order chi connectivity index (χ1) is 23.9. The van der Waals surface area contributed by atoms with Crippen molar-refractivity contribution >= 4 is 40.4 Å². The van der Waals surface area contributed by atoms with E-state index < -0.39 is 0 Å². The number of fused-ring (bicyclic) bond motifs is 1. The fraction of sp³-hybridized carbons (Fsp3) is 0.371. The molecular weight excluding hydrogens is 644 g/mol. The monoisotopic (exact) mass is 682 g/mol. The third kappa shape index (κ3) is 7.54. The highest BCUT2D eigenvalue weighted by Crippen LogP contribution is 2.37. The third-order valence-corrected chi connectivity index (χ3v) is 10.0. The fourth-order valence-electron chi connectivity index (χ4n) is 6.47. The molecule has 6 heterocycles. The number of rotatable bonds is 8. The second kappa shape index (κ2) is 15.5. The number of hydrogen-bond acceptors (Lipinski definition) is 11. The summed E-state index contributed by atoms with van der Waals surface area (Å²) in [6.07, 6.45) is 11.2. The molecule has 1 aromatic carbocycles. The zero-order chi connectivity index (χ0) is 34.3. The number of nitrogens with zero attached hydrogens (tertiary/aromatic N) is 8. The summed E-state index contributed by atoms with van der Waals surface area (Å²) in [7, 11) is 1.94. The summed E-state index contributed by atoms with van der Waals surface area (Å²) >= 11 is 1.30. The van der Waals surface area contributed by atoms with Crippen LogP contribution in [0.4, 0.5) is 21.3 Å². The molecule has 3 N–H and O–H groups in total. The zero-order valence-electron chi connectivity index (χ0n) is 27.5. The number of nitriles is 1. The normalized spacial score (nSPS) is 15.4. The van der Waals surface area contributed by atoms with Crippen molar-refractivity contribution in [2.75, 3.05) is 43.0 Å². The Morgan fingerprint density at radius 1 is 1.04 bits per heavy atom. The van der Waals surface area contributed by atoms with Crippen LogP contribution in [0.5, 0.6) is 0 Å². The molecular formula is C35H39FN10O2S. The lowest BCUT2D eigenvalue weighted by molar-refractivity contribution is -0.122. The van der Waals surface area contributed by atoms with Gasteiger partial charge in [-0.05, 0) is 81.6 Å². The fourth-order valence-corrected chi connectivity index (χ4v) is 7.32. The Morgan fingerprint density at radius 3 is 2.35 bits per heavy atom. The molecule has 0 saturated carbocycles. The van der Waals surface area contributed by atoms with Gasteiger partial charge in [-0.25, -0.2) is 24.3 Å². The van der Waals surface area contributed by atoms with Crippen LogP contribution in [0.1, 0.15) is 43.2 Å². The molecule has 0 aliphatic carbocycles. The molecule has 12 nitrogen and oxygen atoms in total. The number of anilines is 3. The minimum Gasteiger partial charge on any atom is -0.483 e. The number of aromatic nitrogens is 5. The summed E-state index contributed by atoms with van der Waals surface area (Å²) in [5, 5.41) is 24.7. The van der Waals surface area contributed by atoms with E-state index in [9.17, 15) is 9.65 Å². The lowest BCUT2D eigenvalue weighted by Gasteiger charge is -2.35. The van der Waals surface area contributed by atoms with Gasteiger partial charge >= 0.3 is 0 Å². The average molecular weight is 683 g/mol. The average Bonchev–Trinajstić information content (AvgIpc) is 3.74. The molecule has 4 aromatic heterocycles. The molecule has 0 atom stereocenters. The maximum absolute atomic E-state index is 13.6. The van der Waals surface area contributed by atoms with E-state index in [4.69, 9.17) is 29.8 Å². The van der Waals surface area contributed by atoms with Gasteiger partial charge in [0.25, 0.3) is 6.47 Å². The molecule has 2 aliphatic heterocycles. The van der Waals surface area contributed by atoms with Gasteiger partial charge in [0.2, 0.25) is 5.95 Å². The first-order valence-electron chi connectivity index (χ1n) is 16.5. The van der Waals surface area contributed by atoms with Crippen molar-refractivity contribution in [1.82, 2.24) is 35.0 Å². The Hall–Kier alpha value is -4.97. The second-order valence-electron chi connectivity index (χ2n) is 12.1. The minimum atomic E-state index is -0.329. The van der Waals surface area contributed by atoms with Crippen LogP contribution in [0, 0.1) is 17.1 Å². The van der Waals surface area contributed by atoms with Gasteiger partial charge in [-0.15, -0.1) is 0 Å². The predicted octanol–water partition coefficient (Wildman–Crippen LogP) is 5.27. The van der Waals surface area contributed by atoms with Crippen molar-refractivity contribution in [2.45, 2.75) is 51.1 Å². The SMILES string of the molecule is CCc1nc2ccc(-c3cnc(N4CCC(NC5CCNCC5)CC4)nc3)cn2c1N(C)c1nc(-c2ccc(F)cc2)c(C#N)s1.O=CO. The highest BCUT2D eigenvalue weighted by Gasteiger charge is 2.25. The Balaban J connectivity index is 0.00000134. The number of benzene rings is 1. The molecule has 2 saturated heterocycles. The molecule has 0 amide bonds. The number of pyridine rings is 1. The largest absolute Gasteiger partial charge is 0.483 e. The summed E-state index contributed by atoms with van der Waals surface area (Å²) in [6, 6.07) is 13.6. The third-order valence-electron chi connectivity index (χ3n) is 9.00. The Kier molecular flexibility index (Phi) is 10.7. The molecule has 0 unspecified atom stereocenters. The first-order valence-corrected chi connectivity index (χ1v) is 17.3. The van der Waals surface area contributed by atoms with E-state index in [1.54, 1.807) is 12.1 Å². The van der Waals surface area contributed by atoms with E-state index >= 15 is 0 Å². The molecule has 0 spiro atoms. The highest BCUT2D eigenvalue weighted by atomic mass is 32.1. The van der Waals surface area contributed by atoms with Crippen LogP contribution in [-0.4, -0.2) is 81.2 Å². The number of imidazole rings is 1. The first kappa shape index (κ1) is 33.9. The van der Waals surface area contributed by atoms with Gasteiger partial charge in [0.15, 0.2) is 5.13 Å². The van der Waals surface area contributed by atoms with Crippen molar-refractivity contribution in [2.24, 2.45) is 0 Å². The number of hydrogen-bond donors (Lipinski definition) is 3. The summed E-state index contributed by atoms with van der Waals surface area (Å²) in [5.74, 6) is 1.32. The predicted molar refractivity (Wildman–Crippen MR) is 189 cm³/mol. The molecule has 2 fully saturated rings. The van der Waals surface area contributed by atoms with E-state index in [1.807, 2.05) is 36.5 Å². The van der Waals surface area contributed by atoms with Gasteiger partial charge in [0, 0.05) is 67.5 Å². The second-order valence-corrected chi connectivity index (χ2v) is 13.0. The van der Waals surface area contributed by atoms with E-state index in [0.717, 1.165) is 79.7 Å². The van der Waals surface area contributed by atoms with E-state index in [2.05, 4.69) is 39.1 Å². The number of piperidine rings is 2. The van der Waals surface area contributed by atoms with Gasteiger partial charge in [0.1, 0.15) is 33.9 Å². The Morgan fingerprint density at radius 2 is 1.69 bits per heavy atom. The smallest absolute Gasteiger partial charge is 0.290 e. The van der Waals surface area contributed by atoms with E-state index in [-0.39, 0.29) is 12.3 Å². The molecule has 0 bridgehead atoms. The maximum atomic E-state index is 13.6. The summed E-state index contributed by atoms with van der Waals surface area (Å²) < 4.78 is 15.6. The summed E-state index contributed by atoms with van der Waals surface area (Å²) in [4.78, 5) is 32.3. The highest BCUT2D eigenvalue weighted by molar-refractivity contribution is 7.16. The van der Waals surface area contributed by atoms with Gasteiger partial charge in [-0.3, -0.25) is 9.20 Å². The molecule has 49 heavy (non-hydrogen) atoms. The quantitative estimate of drug-likeness (QED) is 0.184. The Labute approximate surface area is 288 Å². The number of aryl methyl sites for hydroxylation is 1. The van der Waals surface area contributed by atoms with Crippen LogP contribution in [0.3, 0.4) is 0 Å². The van der Waals surface area contributed by atoms with E-state index in [1.165, 1.54) is 36.3 Å². The number of carbonyl (C=O) groups is 1. The standard InChI is InChI=1S/C34H37FN10S.CH2O2/c1-3-28-32(43(2)34-42-31(29(18-36)46-34)22-4-7-25(35)8-5-22)45-21-23(6-9-30(45)41-28)24-19-38-33(39-20-24)44-16-12-27(13-17-44)40-26-10-14-37-15-11-26;2-1-3/h4-9,19-21,26-27,37,40H,3,10-17H2,1-2H3;1H,(H,2,3). The van der Waals surface area contributed by atoms with Crippen molar-refractivity contribution < 1.29 is 14.3 Å². The number of carboxylic acid groups (broad SMARTS) is 1. The molecule has 2 aliphatic rings. The zero-order valence-corrected chi connectivity index (χ0v) is 28.3. The van der Waals surface area contributed by atoms with Gasteiger partial charge in [-0.1, -0.05) is 18.3 Å². The Bertz CT molecular complexity index is 1910. The summed E-state index contributed by atoms with van der Waals surface area (Å²) in [5.41, 5.74) is 4.88. The van der Waals surface area contributed by atoms with Crippen LogP contribution in [0.2, 0.25) is 0 Å². The van der Waals surface area contributed by atoms with Crippen molar-refractivity contribution in [3.63, 3.8) is 0 Å². The molecule has 254 valence electrons. The van der Waals surface area contributed by atoms with Crippen LogP contribution in [0.25, 0.3) is 28.0 Å². The van der Waals surface area contributed by atoms with Gasteiger partial charge in [0.05, 0.1) is 5.69 Å². The van der Waals surface area contributed by atoms with E-state index in [0.29, 0.717) is 33.3 Å². The minimum absolute atomic E-state index is 0.250. The van der Waals surface area contributed by atoms with Crippen LogP contribution in [-0.2, 0) is 11.2 Å². The van der Waals surface area contributed by atoms with Gasteiger partial charge < -0.3 is 25.5 Å². The molecule has 0 radical (unpaired) electrons. The molecule has 7 rings (SSSR count). The molecule has 14 heteroatoms. The van der Waals surface area contributed by atoms with Gasteiger partial charge in [-0.2, -0.15) is 5.26 Å². The lowest BCUT2D eigenvalue weighted by atomic mass is 10.0. The lowest BCUT2D eigenvalue weighted by Crippen LogP contribution is -2.49. The topological polar surface area (TPSA) is 148 Å². The maximum Gasteiger partial charge on any atom is 0.290 e. The van der Waals surface area contributed by atoms with Crippen molar-refractivity contribution in [3.05, 3.63) is 71.4 Å².